The van der Waals surface area contributed by atoms with E-state index in [4.69, 9.17) is 27.9 Å². The predicted octanol–water partition coefficient (Wildman–Crippen LogP) is 3.48. The Bertz CT molecular complexity index is 718. The number of carbonyl (C=O) groups excluding carboxylic acids is 1. The molecule has 1 aromatic heterocycles. The summed E-state index contributed by atoms with van der Waals surface area (Å²) in [5.74, 6) is 0.522. The lowest BCUT2D eigenvalue weighted by atomic mass is 10.2. The maximum absolute atomic E-state index is 12.4. The number of hydrogen-bond acceptors (Lipinski definition) is 4. The van der Waals surface area contributed by atoms with Gasteiger partial charge in [-0.1, -0.05) is 23.2 Å². The first-order valence-corrected chi connectivity index (χ1v) is 7.94. The van der Waals surface area contributed by atoms with E-state index < -0.39 is 0 Å². The SMILES string of the molecule is O=C(Nc1ccc(Cl)cc1Cl)c1ccnc(N2CCOCC2)c1. The number of pyridine rings is 1. The van der Waals surface area contributed by atoms with E-state index in [2.05, 4.69) is 15.2 Å². The van der Waals surface area contributed by atoms with E-state index in [-0.39, 0.29) is 5.91 Å². The normalized spacial score (nSPS) is 14.6. The van der Waals surface area contributed by atoms with Crippen LogP contribution in [0.4, 0.5) is 11.5 Å². The molecule has 0 atom stereocenters. The Hall–Kier alpha value is -1.82. The summed E-state index contributed by atoms with van der Waals surface area (Å²) in [5.41, 5.74) is 1.04. The van der Waals surface area contributed by atoms with Crippen LogP contribution in [0, 0.1) is 0 Å². The summed E-state index contributed by atoms with van der Waals surface area (Å²) in [4.78, 5) is 18.8. The third-order valence-corrected chi connectivity index (χ3v) is 4.07. The number of carbonyl (C=O) groups is 1. The van der Waals surface area contributed by atoms with Crippen LogP contribution < -0.4 is 10.2 Å². The first-order valence-electron chi connectivity index (χ1n) is 7.18. The summed E-state index contributed by atoms with van der Waals surface area (Å²) >= 11 is 11.9. The minimum absolute atomic E-state index is 0.244. The van der Waals surface area contributed by atoms with Gasteiger partial charge in [-0.15, -0.1) is 0 Å². The molecule has 5 nitrogen and oxygen atoms in total. The number of amides is 1. The van der Waals surface area contributed by atoms with Crippen molar-refractivity contribution >= 4 is 40.6 Å². The monoisotopic (exact) mass is 351 g/mol. The molecule has 0 aliphatic carbocycles. The maximum atomic E-state index is 12.4. The molecule has 2 heterocycles. The maximum Gasteiger partial charge on any atom is 0.255 e. The lowest BCUT2D eigenvalue weighted by molar-refractivity contribution is 0.102. The number of benzene rings is 1. The Labute approximate surface area is 144 Å². The fraction of sp³-hybridized carbons (Fsp3) is 0.250. The smallest absolute Gasteiger partial charge is 0.255 e. The molecule has 23 heavy (non-hydrogen) atoms. The van der Waals surface area contributed by atoms with Crippen LogP contribution in [-0.4, -0.2) is 37.2 Å². The highest BCUT2D eigenvalue weighted by atomic mass is 35.5. The van der Waals surface area contributed by atoms with E-state index in [1.54, 1.807) is 36.5 Å². The van der Waals surface area contributed by atoms with Gasteiger partial charge in [0.1, 0.15) is 5.82 Å². The van der Waals surface area contributed by atoms with E-state index in [0.29, 0.717) is 34.5 Å². The second-order valence-electron chi connectivity index (χ2n) is 5.08. The molecule has 0 radical (unpaired) electrons. The number of rotatable bonds is 3. The Balaban J connectivity index is 1.76. The van der Waals surface area contributed by atoms with Crippen LogP contribution in [0.25, 0.3) is 0 Å². The van der Waals surface area contributed by atoms with E-state index in [1.165, 1.54) is 0 Å². The molecule has 120 valence electrons. The number of nitrogens with one attached hydrogen (secondary N) is 1. The zero-order valence-corrected chi connectivity index (χ0v) is 13.8. The summed E-state index contributed by atoms with van der Waals surface area (Å²) < 4.78 is 5.33. The van der Waals surface area contributed by atoms with Crippen LogP contribution in [-0.2, 0) is 4.74 Å². The van der Waals surface area contributed by atoms with Crippen LogP contribution in [0.1, 0.15) is 10.4 Å². The van der Waals surface area contributed by atoms with Crippen molar-refractivity contribution in [3.8, 4) is 0 Å². The summed E-state index contributed by atoms with van der Waals surface area (Å²) in [7, 11) is 0. The van der Waals surface area contributed by atoms with Gasteiger partial charge in [0, 0.05) is 29.9 Å². The van der Waals surface area contributed by atoms with Crippen molar-refractivity contribution in [2.75, 3.05) is 36.5 Å². The number of aromatic nitrogens is 1. The van der Waals surface area contributed by atoms with E-state index in [9.17, 15) is 4.79 Å². The van der Waals surface area contributed by atoms with Gasteiger partial charge in [0.05, 0.1) is 23.9 Å². The number of halogens is 2. The molecule has 1 fully saturated rings. The van der Waals surface area contributed by atoms with Crippen LogP contribution in [0.5, 0.6) is 0 Å². The number of anilines is 2. The van der Waals surface area contributed by atoms with Crippen molar-refractivity contribution in [1.29, 1.82) is 0 Å². The van der Waals surface area contributed by atoms with Gasteiger partial charge < -0.3 is 15.0 Å². The topological polar surface area (TPSA) is 54.5 Å². The number of nitrogens with zero attached hydrogens (tertiary/aromatic N) is 2. The second-order valence-corrected chi connectivity index (χ2v) is 5.92. The molecule has 0 spiro atoms. The van der Waals surface area contributed by atoms with Crippen LogP contribution in [0.2, 0.25) is 10.0 Å². The summed E-state index contributed by atoms with van der Waals surface area (Å²) in [6, 6.07) is 8.37. The average Bonchev–Trinajstić information content (AvgIpc) is 2.58. The third kappa shape index (κ3) is 3.93. The molecule has 7 heteroatoms. The zero-order valence-electron chi connectivity index (χ0n) is 12.3. The molecule has 1 aliphatic heterocycles. The van der Waals surface area contributed by atoms with Crippen LogP contribution in [0.15, 0.2) is 36.5 Å². The lowest BCUT2D eigenvalue weighted by Gasteiger charge is -2.27. The molecule has 1 N–H and O–H groups in total. The van der Waals surface area contributed by atoms with Gasteiger partial charge in [-0.2, -0.15) is 0 Å². The first-order chi connectivity index (χ1) is 11.1. The van der Waals surface area contributed by atoms with E-state index in [1.807, 2.05) is 0 Å². The fourth-order valence-corrected chi connectivity index (χ4v) is 2.77. The van der Waals surface area contributed by atoms with Crippen molar-refractivity contribution in [3.63, 3.8) is 0 Å². The lowest BCUT2D eigenvalue weighted by Crippen LogP contribution is -2.36. The molecule has 0 bridgehead atoms. The minimum Gasteiger partial charge on any atom is -0.378 e. The predicted molar refractivity (Wildman–Crippen MR) is 91.7 cm³/mol. The fourth-order valence-electron chi connectivity index (χ4n) is 2.31. The molecule has 1 aromatic carbocycles. The molecule has 2 aromatic rings. The van der Waals surface area contributed by atoms with Gasteiger partial charge in [0.25, 0.3) is 5.91 Å². The van der Waals surface area contributed by atoms with Crippen LogP contribution >= 0.6 is 23.2 Å². The minimum atomic E-state index is -0.244. The highest BCUT2D eigenvalue weighted by Gasteiger charge is 2.15. The van der Waals surface area contributed by atoms with Gasteiger partial charge in [0.2, 0.25) is 0 Å². The molecule has 1 saturated heterocycles. The highest BCUT2D eigenvalue weighted by molar-refractivity contribution is 6.36. The first kappa shape index (κ1) is 16.1. The molecule has 3 rings (SSSR count). The number of morpholine rings is 1. The number of hydrogen-bond donors (Lipinski definition) is 1. The highest BCUT2D eigenvalue weighted by Crippen LogP contribution is 2.26. The number of ether oxygens (including phenoxy) is 1. The van der Waals surface area contributed by atoms with Crippen molar-refractivity contribution in [2.45, 2.75) is 0 Å². The van der Waals surface area contributed by atoms with E-state index >= 15 is 0 Å². The van der Waals surface area contributed by atoms with E-state index in [0.717, 1.165) is 18.9 Å². The molecule has 1 amide bonds. The second kappa shape index (κ2) is 7.17. The van der Waals surface area contributed by atoms with Crippen molar-refractivity contribution in [1.82, 2.24) is 4.98 Å². The van der Waals surface area contributed by atoms with Gasteiger partial charge in [-0.3, -0.25) is 4.79 Å². The van der Waals surface area contributed by atoms with Crippen molar-refractivity contribution < 1.29 is 9.53 Å². The molecule has 0 saturated carbocycles. The molecular weight excluding hydrogens is 337 g/mol. The Morgan fingerprint density at radius 2 is 1.96 bits per heavy atom. The Kier molecular flexibility index (Phi) is 5.00. The van der Waals surface area contributed by atoms with Gasteiger partial charge in [-0.25, -0.2) is 4.98 Å². The Morgan fingerprint density at radius 3 is 2.70 bits per heavy atom. The average molecular weight is 352 g/mol. The van der Waals surface area contributed by atoms with Gasteiger partial charge >= 0.3 is 0 Å². The van der Waals surface area contributed by atoms with Crippen LogP contribution in [0.3, 0.4) is 0 Å². The third-order valence-electron chi connectivity index (χ3n) is 3.52. The Morgan fingerprint density at radius 1 is 1.17 bits per heavy atom. The summed E-state index contributed by atoms with van der Waals surface area (Å²) in [6.45, 7) is 2.86. The summed E-state index contributed by atoms with van der Waals surface area (Å²) in [6.07, 6.45) is 1.63. The summed E-state index contributed by atoms with van der Waals surface area (Å²) in [5, 5.41) is 3.70. The standard InChI is InChI=1S/C16H15Cl2N3O2/c17-12-1-2-14(13(18)10-12)20-16(22)11-3-4-19-15(9-11)21-5-7-23-8-6-21/h1-4,9-10H,5-8H2,(H,20,22). The largest absolute Gasteiger partial charge is 0.378 e. The molecule has 1 aliphatic rings. The molecular formula is C16H15Cl2N3O2. The van der Waals surface area contributed by atoms with Crippen molar-refractivity contribution in [3.05, 3.63) is 52.1 Å². The molecule has 0 unspecified atom stereocenters. The van der Waals surface area contributed by atoms with Gasteiger partial charge in [-0.05, 0) is 30.3 Å². The van der Waals surface area contributed by atoms with Crippen molar-refractivity contribution in [2.24, 2.45) is 0 Å². The quantitative estimate of drug-likeness (QED) is 0.919. The zero-order chi connectivity index (χ0) is 16.2. The van der Waals surface area contributed by atoms with Gasteiger partial charge in [0.15, 0.2) is 0 Å².